The van der Waals surface area contributed by atoms with Crippen molar-refractivity contribution >= 4 is 15.2 Å². The number of rotatable bonds is 2. The number of Topliss-reactive ketones (excluding diaryl/α,β-unsaturated/α-hetero) is 1. The topological polar surface area (TPSA) is 20.3 Å². The summed E-state index contributed by atoms with van der Waals surface area (Å²) in [5.41, 5.74) is 0.402. The number of nitrogens with zero attached hydrogens (tertiary/aromatic N) is 1. The van der Waals surface area contributed by atoms with Crippen LogP contribution in [-0.2, 0) is 4.79 Å². The zero-order valence-corrected chi connectivity index (χ0v) is 11.0. The van der Waals surface area contributed by atoms with E-state index in [1.165, 1.54) is 12.8 Å². The fraction of sp³-hybridized carbons (Fsp3) is 0.917. The minimum Gasteiger partial charge on any atom is -0.299 e. The van der Waals surface area contributed by atoms with Crippen molar-refractivity contribution in [3.8, 4) is 0 Å². The van der Waals surface area contributed by atoms with Gasteiger partial charge in [-0.25, -0.2) is 0 Å². The zero-order valence-electron chi connectivity index (χ0n) is 9.88. The van der Waals surface area contributed by atoms with Crippen LogP contribution < -0.4 is 0 Å². The van der Waals surface area contributed by atoms with E-state index in [9.17, 15) is 4.79 Å². The summed E-state index contributed by atoms with van der Waals surface area (Å²) < 4.78 is 2.31. The van der Waals surface area contributed by atoms with E-state index in [2.05, 4.69) is 27.9 Å². The van der Waals surface area contributed by atoms with E-state index in [1.54, 1.807) is 0 Å². The summed E-state index contributed by atoms with van der Waals surface area (Å²) in [6, 6.07) is 0. The van der Waals surface area contributed by atoms with Gasteiger partial charge in [-0.2, -0.15) is 0 Å². The summed E-state index contributed by atoms with van der Waals surface area (Å²) in [7, 11) is 2.79. The molecule has 0 aromatic carbocycles. The Balaban J connectivity index is 2.19. The zero-order chi connectivity index (χ0) is 11.1. The molecule has 2 rings (SSSR count). The summed E-state index contributed by atoms with van der Waals surface area (Å²) in [5, 5.41) is 0. The average molecular weight is 227 g/mol. The van der Waals surface area contributed by atoms with Gasteiger partial charge in [0.2, 0.25) is 0 Å². The van der Waals surface area contributed by atoms with Crippen molar-refractivity contribution in [2.45, 2.75) is 46.0 Å². The highest BCUT2D eigenvalue weighted by atomic mass is 31.0. The van der Waals surface area contributed by atoms with Crippen LogP contribution in [-0.4, -0.2) is 23.5 Å². The van der Waals surface area contributed by atoms with Crippen LogP contribution in [0.3, 0.4) is 0 Å². The van der Waals surface area contributed by atoms with Gasteiger partial charge in [-0.05, 0) is 31.1 Å². The maximum Gasteiger partial charge on any atom is 0.140 e. The normalized spacial score (nSPS) is 29.1. The molecule has 0 aromatic heterocycles. The van der Waals surface area contributed by atoms with Crippen LogP contribution in [0.4, 0.5) is 0 Å². The molecule has 2 fully saturated rings. The van der Waals surface area contributed by atoms with Crippen molar-refractivity contribution < 1.29 is 4.79 Å². The summed E-state index contributed by atoms with van der Waals surface area (Å²) in [5.74, 6) is 0.532. The third-order valence-corrected chi connectivity index (χ3v) is 5.53. The largest absolute Gasteiger partial charge is 0.299 e. The lowest BCUT2D eigenvalue weighted by Gasteiger charge is -2.60. The van der Waals surface area contributed by atoms with Gasteiger partial charge in [0, 0.05) is 24.9 Å². The molecular weight excluding hydrogens is 205 g/mol. The van der Waals surface area contributed by atoms with Gasteiger partial charge in [0.25, 0.3) is 0 Å². The molecule has 1 aliphatic heterocycles. The monoisotopic (exact) mass is 227 g/mol. The van der Waals surface area contributed by atoms with Crippen molar-refractivity contribution in [1.82, 2.24) is 4.67 Å². The molecule has 1 heterocycles. The van der Waals surface area contributed by atoms with Gasteiger partial charge >= 0.3 is 0 Å². The van der Waals surface area contributed by atoms with Crippen LogP contribution in [0, 0.1) is 10.8 Å². The first-order valence-corrected chi connectivity index (χ1v) is 6.65. The van der Waals surface area contributed by atoms with E-state index in [0.29, 0.717) is 11.2 Å². The molecule has 0 amide bonds. The van der Waals surface area contributed by atoms with Crippen molar-refractivity contribution in [1.29, 1.82) is 0 Å². The summed E-state index contributed by atoms with van der Waals surface area (Å²) in [6.07, 6.45) is 5.36. The minimum atomic E-state index is 0.0406. The number of piperidine rings is 1. The SMILES string of the molecule is CCC1(CC)C(=O)CC12CCN(P)CC2. The first-order valence-electron chi connectivity index (χ1n) is 6.13. The van der Waals surface area contributed by atoms with Gasteiger partial charge in [0.1, 0.15) is 5.78 Å². The van der Waals surface area contributed by atoms with Gasteiger partial charge in [0.05, 0.1) is 0 Å². The van der Waals surface area contributed by atoms with E-state index in [1.807, 2.05) is 0 Å². The fourth-order valence-corrected chi connectivity index (χ4v) is 4.09. The average Bonchev–Trinajstić information content (AvgIpc) is 2.23. The number of hydrogen-bond acceptors (Lipinski definition) is 2. The molecule has 2 aliphatic rings. The first kappa shape index (κ1) is 11.5. The molecule has 1 atom stereocenters. The van der Waals surface area contributed by atoms with Crippen LogP contribution in [0.5, 0.6) is 0 Å². The maximum atomic E-state index is 12.0. The maximum absolute atomic E-state index is 12.0. The molecule has 1 unspecified atom stereocenters. The molecule has 1 saturated heterocycles. The summed E-state index contributed by atoms with van der Waals surface area (Å²) >= 11 is 0. The Hall–Kier alpha value is 0.0600. The second kappa shape index (κ2) is 3.82. The van der Waals surface area contributed by atoms with E-state index in [4.69, 9.17) is 0 Å². The van der Waals surface area contributed by atoms with Crippen LogP contribution >= 0.6 is 9.39 Å². The predicted octanol–water partition coefficient (Wildman–Crippen LogP) is 2.64. The fourth-order valence-electron chi connectivity index (χ4n) is 3.84. The lowest BCUT2D eigenvalue weighted by atomic mass is 9.43. The lowest BCUT2D eigenvalue weighted by Crippen LogP contribution is -2.61. The second-order valence-electron chi connectivity index (χ2n) is 5.21. The predicted molar refractivity (Wildman–Crippen MR) is 65.6 cm³/mol. The Bertz CT molecular complexity index is 265. The van der Waals surface area contributed by atoms with Crippen LogP contribution in [0.25, 0.3) is 0 Å². The highest BCUT2D eigenvalue weighted by Gasteiger charge is 2.62. The Morgan fingerprint density at radius 2 is 1.80 bits per heavy atom. The Morgan fingerprint density at radius 1 is 1.27 bits per heavy atom. The molecule has 86 valence electrons. The molecule has 0 aromatic rings. The molecule has 3 heteroatoms. The Morgan fingerprint density at radius 3 is 2.20 bits per heavy atom. The minimum absolute atomic E-state index is 0.0406. The van der Waals surface area contributed by atoms with Crippen LogP contribution in [0.15, 0.2) is 0 Å². The molecule has 0 radical (unpaired) electrons. The van der Waals surface area contributed by atoms with E-state index in [0.717, 1.165) is 32.4 Å². The number of ketones is 1. The van der Waals surface area contributed by atoms with Crippen LogP contribution in [0.2, 0.25) is 0 Å². The molecule has 1 saturated carbocycles. The van der Waals surface area contributed by atoms with Crippen LogP contribution in [0.1, 0.15) is 46.0 Å². The van der Waals surface area contributed by atoms with Crippen molar-refractivity contribution in [3.63, 3.8) is 0 Å². The molecule has 2 nitrogen and oxygen atoms in total. The molecule has 0 N–H and O–H groups in total. The van der Waals surface area contributed by atoms with E-state index in [-0.39, 0.29) is 5.41 Å². The molecule has 1 aliphatic carbocycles. The summed E-state index contributed by atoms with van der Waals surface area (Å²) in [6.45, 7) is 6.66. The van der Waals surface area contributed by atoms with Crippen molar-refractivity contribution in [3.05, 3.63) is 0 Å². The van der Waals surface area contributed by atoms with Gasteiger partial charge in [-0.1, -0.05) is 23.2 Å². The molecular formula is C12H22NOP. The first-order chi connectivity index (χ1) is 7.10. The Labute approximate surface area is 95.0 Å². The van der Waals surface area contributed by atoms with Gasteiger partial charge < -0.3 is 0 Å². The third-order valence-electron chi connectivity index (χ3n) is 5.01. The lowest BCUT2D eigenvalue weighted by molar-refractivity contribution is -0.168. The second-order valence-corrected chi connectivity index (χ2v) is 5.94. The highest BCUT2D eigenvalue weighted by Crippen LogP contribution is 2.63. The number of carbonyl (C=O) groups is 1. The standard InChI is InChI=1S/C12H22NOP/c1-3-12(4-2)10(14)9-11(12)5-7-13(15)8-6-11/h3-9,15H2,1-2H3. The van der Waals surface area contributed by atoms with E-state index < -0.39 is 0 Å². The van der Waals surface area contributed by atoms with Gasteiger partial charge in [-0.3, -0.25) is 9.46 Å². The highest BCUT2D eigenvalue weighted by molar-refractivity contribution is 7.13. The quantitative estimate of drug-likeness (QED) is 0.676. The molecule has 15 heavy (non-hydrogen) atoms. The molecule has 1 spiro atoms. The smallest absolute Gasteiger partial charge is 0.140 e. The number of hydrogen-bond donors (Lipinski definition) is 0. The summed E-state index contributed by atoms with van der Waals surface area (Å²) in [4.78, 5) is 12.0. The van der Waals surface area contributed by atoms with Gasteiger partial charge in [0.15, 0.2) is 0 Å². The van der Waals surface area contributed by atoms with Crippen molar-refractivity contribution in [2.24, 2.45) is 10.8 Å². The third kappa shape index (κ3) is 1.41. The Kier molecular flexibility index (Phi) is 2.94. The van der Waals surface area contributed by atoms with Gasteiger partial charge in [-0.15, -0.1) is 0 Å². The number of carbonyl (C=O) groups excluding carboxylic acids is 1. The molecule has 0 bridgehead atoms. The van der Waals surface area contributed by atoms with Crippen molar-refractivity contribution in [2.75, 3.05) is 13.1 Å². The van der Waals surface area contributed by atoms with E-state index >= 15 is 0 Å².